The van der Waals surface area contributed by atoms with Gasteiger partial charge >= 0.3 is 5.97 Å². The first kappa shape index (κ1) is 12.7. The SMILES string of the molecule is COC(=O)CSc1nc(N)c(C=O)nc1Cl. The van der Waals surface area contributed by atoms with Gasteiger partial charge in [-0.05, 0) is 0 Å². The highest BCUT2D eigenvalue weighted by molar-refractivity contribution is 8.00. The quantitative estimate of drug-likeness (QED) is 0.486. The van der Waals surface area contributed by atoms with Gasteiger partial charge in [0.1, 0.15) is 10.7 Å². The summed E-state index contributed by atoms with van der Waals surface area (Å²) in [5.74, 6) is -0.391. The summed E-state index contributed by atoms with van der Waals surface area (Å²) in [4.78, 5) is 29.0. The Kier molecular flexibility index (Phi) is 4.51. The molecule has 0 saturated carbocycles. The lowest BCUT2D eigenvalue weighted by Gasteiger charge is -2.04. The Morgan fingerprint density at radius 3 is 2.88 bits per heavy atom. The summed E-state index contributed by atoms with van der Waals surface area (Å²) in [6.45, 7) is 0. The number of esters is 1. The molecule has 0 bridgehead atoms. The summed E-state index contributed by atoms with van der Waals surface area (Å²) >= 11 is 6.78. The van der Waals surface area contributed by atoms with Gasteiger partial charge in [0.05, 0.1) is 12.9 Å². The summed E-state index contributed by atoms with van der Waals surface area (Å²) in [5.41, 5.74) is 5.43. The molecule has 0 aliphatic heterocycles. The molecule has 86 valence electrons. The minimum Gasteiger partial charge on any atom is -0.468 e. The van der Waals surface area contributed by atoms with E-state index < -0.39 is 5.97 Å². The molecule has 16 heavy (non-hydrogen) atoms. The van der Waals surface area contributed by atoms with Crippen molar-refractivity contribution >= 4 is 41.4 Å². The van der Waals surface area contributed by atoms with Gasteiger partial charge < -0.3 is 10.5 Å². The van der Waals surface area contributed by atoms with E-state index in [0.717, 1.165) is 11.8 Å². The summed E-state index contributed by atoms with van der Waals surface area (Å²) < 4.78 is 4.45. The summed E-state index contributed by atoms with van der Waals surface area (Å²) in [5, 5.41) is 0.320. The van der Waals surface area contributed by atoms with E-state index in [2.05, 4.69) is 14.7 Å². The molecule has 1 rings (SSSR count). The number of carbonyl (C=O) groups excluding carboxylic acids is 2. The topological polar surface area (TPSA) is 95.2 Å². The van der Waals surface area contributed by atoms with E-state index in [-0.39, 0.29) is 27.4 Å². The molecule has 0 aliphatic carbocycles. The standard InChI is InChI=1S/C8H8ClN3O3S/c1-15-5(14)3-16-8-6(9)11-4(2-13)7(10)12-8/h2H,3H2,1H3,(H2,10,12). The second-order valence-electron chi connectivity index (χ2n) is 2.57. The lowest BCUT2D eigenvalue weighted by atomic mass is 10.4. The number of hydrogen-bond donors (Lipinski definition) is 1. The lowest BCUT2D eigenvalue weighted by molar-refractivity contribution is -0.137. The largest absolute Gasteiger partial charge is 0.468 e. The number of nitrogens with two attached hydrogens (primary N) is 1. The molecule has 6 nitrogen and oxygen atoms in total. The van der Waals surface area contributed by atoms with Crippen LogP contribution in [0.5, 0.6) is 0 Å². The van der Waals surface area contributed by atoms with Crippen molar-refractivity contribution in [1.82, 2.24) is 9.97 Å². The van der Waals surface area contributed by atoms with Crippen LogP contribution in [0, 0.1) is 0 Å². The minimum atomic E-state index is -0.416. The van der Waals surface area contributed by atoms with Crippen molar-refractivity contribution in [1.29, 1.82) is 0 Å². The van der Waals surface area contributed by atoms with Gasteiger partial charge in [0.25, 0.3) is 0 Å². The van der Waals surface area contributed by atoms with Gasteiger partial charge in [-0.15, -0.1) is 0 Å². The van der Waals surface area contributed by atoms with Gasteiger partial charge in [-0.25, -0.2) is 9.97 Å². The molecule has 1 aromatic heterocycles. The molecule has 1 aromatic rings. The van der Waals surface area contributed by atoms with Crippen LogP contribution >= 0.6 is 23.4 Å². The van der Waals surface area contributed by atoms with E-state index in [9.17, 15) is 9.59 Å². The maximum atomic E-state index is 10.9. The van der Waals surface area contributed by atoms with Crippen LogP contribution in [0.15, 0.2) is 5.03 Å². The van der Waals surface area contributed by atoms with E-state index in [1.54, 1.807) is 0 Å². The molecule has 0 fully saturated rings. The number of methoxy groups -OCH3 is 1. The molecule has 0 saturated heterocycles. The van der Waals surface area contributed by atoms with Crippen LogP contribution in [0.1, 0.15) is 10.5 Å². The number of nitrogen functional groups attached to an aromatic ring is 1. The second-order valence-corrected chi connectivity index (χ2v) is 3.89. The molecule has 1 heterocycles. The van der Waals surface area contributed by atoms with Gasteiger partial charge in [-0.3, -0.25) is 9.59 Å². The zero-order valence-corrected chi connectivity index (χ0v) is 9.84. The van der Waals surface area contributed by atoms with Crippen LogP contribution in [0.4, 0.5) is 5.82 Å². The number of aldehydes is 1. The summed E-state index contributed by atoms with van der Waals surface area (Å²) in [6.07, 6.45) is 0.461. The fraction of sp³-hybridized carbons (Fsp3) is 0.250. The molecule has 2 N–H and O–H groups in total. The monoisotopic (exact) mass is 261 g/mol. The van der Waals surface area contributed by atoms with Gasteiger partial charge in [0.15, 0.2) is 17.3 Å². The highest BCUT2D eigenvalue weighted by Gasteiger charge is 2.12. The number of rotatable bonds is 4. The van der Waals surface area contributed by atoms with E-state index in [0.29, 0.717) is 6.29 Å². The van der Waals surface area contributed by atoms with E-state index in [1.807, 2.05) is 0 Å². The zero-order chi connectivity index (χ0) is 12.1. The van der Waals surface area contributed by atoms with Gasteiger partial charge in [0, 0.05) is 0 Å². The predicted molar refractivity (Wildman–Crippen MR) is 59.6 cm³/mol. The molecule has 0 aliphatic rings. The predicted octanol–water partition coefficient (Wildman–Crippen LogP) is 0.790. The van der Waals surface area contributed by atoms with Crippen LogP contribution in [0.25, 0.3) is 0 Å². The van der Waals surface area contributed by atoms with E-state index in [4.69, 9.17) is 17.3 Å². The van der Waals surface area contributed by atoms with Crippen molar-refractivity contribution in [2.75, 3.05) is 18.6 Å². The van der Waals surface area contributed by atoms with Crippen molar-refractivity contribution in [2.45, 2.75) is 5.03 Å². The Bertz CT molecular complexity index is 427. The third-order valence-electron chi connectivity index (χ3n) is 1.55. The summed E-state index contributed by atoms with van der Waals surface area (Å²) in [7, 11) is 1.28. The number of hydrogen-bond acceptors (Lipinski definition) is 7. The van der Waals surface area contributed by atoms with Crippen molar-refractivity contribution in [2.24, 2.45) is 0 Å². The maximum absolute atomic E-state index is 10.9. The van der Waals surface area contributed by atoms with E-state index in [1.165, 1.54) is 7.11 Å². The fourth-order valence-electron chi connectivity index (χ4n) is 0.788. The van der Waals surface area contributed by atoms with Crippen LogP contribution in [0.2, 0.25) is 5.15 Å². The van der Waals surface area contributed by atoms with Crippen LogP contribution in [-0.4, -0.2) is 35.1 Å². The van der Waals surface area contributed by atoms with Gasteiger partial charge in [0.2, 0.25) is 0 Å². The molecular formula is C8H8ClN3O3S. The van der Waals surface area contributed by atoms with Crippen molar-refractivity contribution in [3.8, 4) is 0 Å². The molecule has 0 amide bonds. The zero-order valence-electron chi connectivity index (χ0n) is 8.27. The Balaban J connectivity index is 2.85. The third-order valence-corrected chi connectivity index (χ3v) is 2.86. The molecule has 0 unspecified atom stereocenters. The number of carbonyl (C=O) groups is 2. The van der Waals surface area contributed by atoms with Crippen LogP contribution < -0.4 is 5.73 Å². The van der Waals surface area contributed by atoms with Crippen molar-refractivity contribution in [3.63, 3.8) is 0 Å². The molecular weight excluding hydrogens is 254 g/mol. The van der Waals surface area contributed by atoms with Gasteiger partial charge in [-0.1, -0.05) is 23.4 Å². The molecule has 0 aromatic carbocycles. The highest BCUT2D eigenvalue weighted by Crippen LogP contribution is 2.25. The Hall–Kier alpha value is -1.34. The fourth-order valence-corrected chi connectivity index (χ4v) is 1.79. The average Bonchev–Trinajstić information content (AvgIpc) is 2.29. The maximum Gasteiger partial charge on any atom is 0.316 e. The molecule has 8 heteroatoms. The van der Waals surface area contributed by atoms with Crippen molar-refractivity contribution in [3.05, 3.63) is 10.8 Å². The number of aromatic nitrogens is 2. The molecule has 0 atom stereocenters. The molecule has 0 spiro atoms. The second kappa shape index (κ2) is 5.66. The third kappa shape index (κ3) is 3.07. The van der Waals surface area contributed by atoms with Crippen LogP contribution in [-0.2, 0) is 9.53 Å². The Morgan fingerprint density at radius 1 is 1.62 bits per heavy atom. The lowest BCUT2D eigenvalue weighted by Crippen LogP contribution is -2.06. The Labute approximate surface area is 101 Å². The number of anilines is 1. The Morgan fingerprint density at radius 2 is 2.31 bits per heavy atom. The van der Waals surface area contributed by atoms with Crippen molar-refractivity contribution < 1.29 is 14.3 Å². The summed E-state index contributed by atoms with van der Waals surface area (Å²) in [6, 6.07) is 0. The first-order valence-corrected chi connectivity index (χ1v) is 5.42. The highest BCUT2D eigenvalue weighted by atomic mass is 35.5. The average molecular weight is 262 g/mol. The minimum absolute atomic E-state index is 0.0209. The normalized spacial score (nSPS) is 9.88. The van der Waals surface area contributed by atoms with E-state index >= 15 is 0 Å². The molecule has 0 radical (unpaired) electrons. The number of thioether (sulfide) groups is 1. The van der Waals surface area contributed by atoms with Gasteiger partial charge in [-0.2, -0.15) is 0 Å². The smallest absolute Gasteiger partial charge is 0.316 e. The van der Waals surface area contributed by atoms with Crippen LogP contribution in [0.3, 0.4) is 0 Å². The number of halogens is 1. The first-order chi connectivity index (χ1) is 7.58. The first-order valence-electron chi connectivity index (χ1n) is 4.06. The number of nitrogens with zero attached hydrogens (tertiary/aromatic N) is 2. The number of ether oxygens (including phenoxy) is 1.